The minimum atomic E-state index is -0.350. The zero-order chi connectivity index (χ0) is 17.6. The molecule has 2 aromatic carbocycles. The third kappa shape index (κ3) is 2.85. The van der Waals surface area contributed by atoms with Gasteiger partial charge in [-0.2, -0.15) is 4.98 Å². The first-order valence-electron chi connectivity index (χ1n) is 7.74. The maximum Gasteiger partial charge on any atom is 0.235 e. The van der Waals surface area contributed by atoms with Crippen molar-refractivity contribution in [3.05, 3.63) is 58.4 Å². The number of nitrogens with zero attached hydrogens (tertiary/aromatic N) is 2. The van der Waals surface area contributed by atoms with Gasteiger partial charge in [-0.05, 0) is 48.4 Å². The molecule has 0 bridgehead atoms. The van der Waals surface area contributed by atoms with Crippen LogP contribution in [-0.4, -0.2) is 21.2 Å². The first-order valence-corrected chi connectivity index (χ1v) is 8.12. The van der Waals surface area contributed by atoms with E-state index in [9.17, 15) is 9.90 Å². The number of nitrogens with one attached hydrogen (secondary N) is 1. The zero-order valence-corrected chi connectivity index (χ0v) is 14.0. The summed E-state index contributed by atoms with van der Waals surface area (Å²) in [6.45, 7) is 1.80. The second-order valence-electron chi connectivity index (χ2n) is 5.99. The SMILES string of the molecule is Cc1cc2c(cc1O)NC(=O)C[C@H]2c1nc(-c2ccc(Cl)cc2)no1. The Balaban J connectivity index is 1.75. The van der Waals surface area contributed by atoms with Gasteiger partial charge in [0.15, 0.2) is 0 Å². The summed E-state index contributed by atoms with van der Waals surface area (Å²) in [5.74, 6) is 0.427. The molecule has 1 amide bonds. The van der Waals surface area contributed by atoms with E-state index < -0.39 is 0 Å². The van der Waals surface area contributed by atoms with Crippen molar-refractivity contribution < 1.29 is 14.4 Å². The van der Waals surface area contributed by atoms with Gasteiger partial charge in [0.25, 0.3) is 0 Å². The molecule has 2 heterocycles. The average molecular weight is 356 g/mol. The Labute approximate surface area is 148 Å². The molecule has 0 aliphatic carbocycles. The second kappa shape index (κ2) is 5.89. The number of aromatic hydroxyl groups is 1. The number of hydrogen-bond donors (Lipinski definition) is 2. The third-order valence-electron chi connectivity index (χ3n) is 4.25. The highest BCUT2D eigenvalue weighted by Crippen LogP contribution is 2.39. The van der Waals surface area contributed by atoms with Gasteiger partial charge in [0, 0.05) is 28.8 Å². The molecule has 6 nitrogen and oxygen atoms in total. The van der Waals surface area contributed by atoms with Crippen LogP contribution in [0.2, 0.25) is 5.02 Å². The van der Waals surface area contributed by atoms with Crippen LogP contribution in [0.4, 0.5) is 5.69 Å². The van der Waals surface area contributed by atoms with Crippen molar-refractivity contribution in [3.8, 4) is 17.1 Å². The van der Waals surface area contributed by atoms with Gasteiger partial charge < -0.3 is 14.9 Å². The molecule has 0 fully saturated rings. The first-order chi connectivity index (χ1) is 12.0. The predicted octanol–water partition coefficient (Wildman–Crippen LogP) is 3.88. The van der Waals surface area contributed by atoms with E-state index in [1.54, 1.807) is 37.3 Å². The molecule has 0 spiro atoms. The minimum Gasteiger partial charge on any atom is -0.508 e. The van der Waals surface area contributed by atoms with Crippen LogP contribution in [0.5, 0.6) is 5.75 Å². The summed E-state index contributed by atoms with van der Waals surface area (Å²) in [6.07, 6.45) is 0.208. The number of hydrogen-bond acceptors (Lipinski definition) is 5. The molecule has 1 aliphatic rings. The third-order valence-corrected chi connectivity index (χ3v) is 4.50. The van der Waals surface area contributed by atoms with Gasteiger partial charge in [-0.3, -0.25) is 4.79 Å². The van der Waals surface area contributed by atoms with Crippen LogP contribution in [0.3, 0.4) is 0 Å². The molecule has 1 aromatic heterocycles. The van der Waals surface area contributed by atoms with Gasteiger partial charge in [0.1, 0.15) is 5.75 Å². The number of fused-ring (bicyclic) bond motifs is 1. The van der Waals surface area contributed by atoms with Crippen molar-refractivity contribution >= 4 is 23.2 Å². The van der Waals surface area contributed by atoms with Crippen molar-refractivity contribution in [3.63, 3.8) is 0 Å². The van der Waals surface area contributed by atoms with Crippen molar-refractivity contribution in [1.29, 1.82) is 0 Å². The Morgan fingerprint density at radius 3 is 2.80 bits per heavy atom. The van der Waals surface area contributed by atoms with Crippen LogP contribution < -0.4 is 5.32 Å². The number of aromatic nitrogens is 2. The van der Waals surface area contributed by atoms with E-state index in [0.29, 0.717) is 22.4 Å². The lowest BCUT2D eigenvalue weighted by Gasteiger charge is -2.23. The van der Waals surface area contributed by atoms with Gasteiger partial charge >= 0.3 is 0 Å². The van der Waals surface area contributed by atoms with Crippen molar-refractivity contribution in [1.82, 2.24) is 10.1 Å². The fourth-order valence-corrected chi connectivity index (χ4v) is 3.05. The van der Waals surface area contributed by atoms with Gasteiger partial charge in [-0.25, -0.2) is 0 Å². The molecule has 4 rings (SSSR count). The highest BCUT2D eigenvalue weighted by atomic mass is 35.5. The summed E-state index contributed by atoms with van der Waals surface area (Å²) in [5.41, 5.74) is 2.91. The smallest absolute Gasteiger partial charge is 0.235 e. The standard InChI is InChI=1S/C18H14ClN3O3/c1-9-6-12-13(7-16(24)20-14(12)8-15(9)23)18-21-17(22-25-18)10-2-4-11(19)5-3-10/h2-6,8,13,23H,7H2,1H3,(H,20,24)/t13-/m1/s1. The predicted molar refractivity (Wildman–Crippen MR) is 92.7 cm³/mol. The number of halogens is 1. The Hall–Kier alpha value is -2.86. The molecule has 1 aliphatic heterocycles. The Kier molecular flexibility index (Phi) is 3.69. The van der Waals surface area contributed by atoms with Crippen LogP contribution in [0, 0.1) is 6.92 Å². The lowest BCUT2D eigenvalue weighted by molar-refractivity contribution is -0.116. The first kappa shape index (κ1) is 15.7. The van der Waals surface area contributed by atoms with Crippen LogP contribution in [0.25, 0.3) is 11.4 Å². The Morgan fingerprint density at radius 1 is 1.28 bits per heavy atom. The molecular weight excluding hydrogens is 342 g/mol. The van der Waals surface area contributed by atoms with Gasteiger partial charge in [-0.1, -0.05) is 16.8 Å². The van der Waals surface area contributed by atoms with E-state index in [-0.39, 0.29) is 24.0 Å². The average Bonchev–Trinajstić information content (AvgIpc) is 3.06. The van der Waals surface area contributed by atoms with E-state index in [0.717, 1.165) is 16.7 Å². The quantitative estimate of drug-likeness (QED) is 0.728. The number of phenols is 1. The van der Waals surface area contributed by atoms with E-state index in [1.165, 1.54) is 0 Å². The summed E-state index contributed by atoms with van der Waals surface area (Å²) in [4.78, 5) is 16.5. The Morgan fingerprint density at radius 2 is 2.04 bits per heavy atom. The van der Waals surface area contributed by atoms with Gasteiger partial charge in [-0.15, -0.1) is 0 Å². The van der Waals surface area contributed by atoms with E-state index >= 15 is 0 Å². The molecule has 3 aromatic rings. The maximum absolute atomic E-state index is 12.0. The van der Waals surface area contributed by atoms with Crippen LogP contribution in [0.15, 0.2) is 40.9 Å². The lowest BCUT2D eigenvalue weighted by Crippen LogP contribution is -2.23. The molecule has 25 heavy (non-hydrogen) atoms. The van der Waals surface area contributed by atoms with Gasteiger partial charge in [0.05, 0.1) is 5.92 Å². The monoisotopic (exact) mass is 355 g/mol. The molecule has 2 N–H and O–H groups in total. The van der Waals surface area contributed by atoms with Crippen LogP contribution in [-0.2, 0) is 4.79 Å². The highest BCUT2D eigenvalue weighted by Gasteiger charge is 2.31. The molecule has 0 saturated carbocycles. The minimum absolute atomic E-state index is 0.132. The molecule has 1 atom stereocenters. The Bertz CT molecular complexity index is 966. The molecule has 0 saturated heterocycles. The van der Waals surface area contributed by atoms with Crippen LogP contribution in [0.1, 0.15) is 29.4 Å². The fraction of sp³-hybridized carbons (Fsp3) is 0.167. The molecule has 0 radical (unpaired) electrons. The number of phenolic OH excluding ortho intramolecular Hbond substituents is 1. The highest BCUT2D eigenvalue weighted by molar-refractivity contribution is 6.30. The summed E-state index contributed by atoms with van der Waals surface area (Å²) in [6, 6.07) is 10.5. The number of carbonyl (C=O) groups is 1. The lowest BCUT2D eigenvalue weighted by atomic mass is 9.89. The van der Waals surface area contributed by atoms with Crippen LogP contribution >= 0.6 is 11.6 Å². The topological polar surface area (TPSA) is 88.2 Å². The van der Waals surface area contributed by atoms with E-state index in [4.69, 9.17) is 16.1 Å². The fourth-order valence-electron chi connectivity index (χ4n) is 2.93. The summed E-state index contributed by atoms with van der Waals surface area (Å²) < 4.78 is 5.43. The summed E-state index contributed by atoms with van der Waals surface area (Å²) in [7, 11) is 0. The van der Waals surface area contributed by atoms with Crippen molar-refractivity contribution in [2.45, 2.75) is 19.3 Å². The van der Waals surface area contributed by atoms with Crippen molar-refractivity contribution in [2.75, 3.05) is 5.32 Å². The number of rotatable bonds is 2. The summed E-state index contributed by atoms with van der Waals surface area (Å²) in [5, 5.41) is 17.3. The van der Waals surface area contributed by atoms with Crippen molar-refractivity contribution in [2.24, 2.45) is 0 Å². The number of aryl methyl sites for hydroxylation is 1. The molecule has 0 unspecified atom stereocenters. The van der Waals surface area contributed by atoms with E-state index in [2.05, 4.69) is 15.5 Å². The van der Waals surface area contributed by atoms with E-state index in [1.807, 2.05) is 6.07 Å². The maximum atomic E-state index is 12.0. The number of carbonyl (C=O) groups excluding carboxylic acids is 1. The normalized spacial score (nSPS) is 16.4. The number of benzene rings is 2. The number of amides is 1. The molecular formula is C18H14ClN3O3. The largest absolute Gasteiger partial charge is 0.508 e. The summed E-state index contributed by atoms with van der Waals surface area (Å²) >= 11 is 5.90. The number of anilines is 1. The zero-order valence-electron chi connectivity index (χ0n) is 13.3. The second-order valence-corrected chi connectivity index (χ2v) is 6.43. The molecule has 7 heteroatoms. The van der Waals surface area contributed by atoms with Gasteiger partial charge in [0.2, 0.25) is 17.6 Å². The molecule has 126 valence electrons.